The van der Waals surface area contributed by atoms with Gasteiger partial charge in [-0.25, -0.2) is 0 Å². The SMILES string of the molecule is CCN1CCNC(=O)C1CC(=O)NCc1ccc2c(c1)OCCCO2. The number of likely N-dealkylation sites (N-methyl/N-ethyl adjacent to an activating group) is 1. The third-order valence-electron chi connectivity index (χ3n) is 4.53. The molecule has 0 spiro atoms. The van der Waals surface area contributed by atoms with Crippen molar-refractivity contribution >= 4 is 11.8 Å². The van der Waals surface area contributed by atoms with Gasteiger partial charge in [0.15, 0.2) is 11.5 Å². The average Bonchev–Trinajstić information content (AvgIpc) is 2.86. The first-order chi connectivity index (χ1) is 12.2. The van der Waals surface area contributed by atoms with Crippen molar-refractivity contribution in [2.45, 2.75) is 32.4 Å². The Labute approximate surface area is 147 Å². The average molecular weight is 347 g/mol. The van der Waals surface area contributed by atoms with Crippen molar-refractivity contribution in [3.8, 4) is 11.5 Å². The van der Waals surface area contributed by atoms with Gasteiger partial charge in [0.25, 0.3) is 0 Å². The normalized spacial score (nSPS) is 20.5. The lowest BCUT2D eigenvalue weighted by Crippen LogP contribution is -2.56. The van der Waals surface area contributed by atoms with Crippen LogP contribution in [-0.4, -0.2) is 55.6 Å². The minimum Gasteiger partial charge on any atom is -0.490 e. The Morgan fingerprint density at radius 1 is 1.32 bits per heavy atom. The van der Waals surface area contributed by atoms with Crippen molar-refractivity contribution in [2.75, 3.05) is 32.8 Å². The number of hydrogen-bond acceptors (Lipinski definition) is 5. The van der Waals surface area contributed by atoms with Gasteiger partial charge in [0.2, 0.25) is 11.8 Å². The van der Waals surface area contributed by atoms with E-state index in [4.69, 9.17) is 9.47 Å². The van der Waals surface area contributed by atoms with E-state index < -0.39 is 0 Å². The van der Waals surface area contributed by atoms with E-state index in [-0.39, 0.29) is 24.3 Å². The summed E-state index contributed by atoms with van der Waals surface area (Å²) in [6.07, 6.45) is 1.03. The number of benzene rings is 1. The molecule has 2 aliphatic heterocycles. The molecule has 0 bridgehead atoms. The van der Waals surface area contributed by atoms with Crippen LogP contribution in [0.2, 0.25) is 0 Å². The van der Waals surface area contributed by atoms with Gasteiger partial charge < -0.3 is 20.1 Å². The summed E-state index contributed by atoms with van der Waals surface area (Å²) in [5.74, 6) is 1.25. The number of amides is 2. The van der Waals surface area contributed by atoms with E-state index >= 15 is 0 Å². The van der Waals surface area contributed by atoms with E-state index in [2.05, 4.69) is 10.6 Å². The van der Waals surface area contributed by atoms with Gasteiger partial charge in [-0.05, 0) is 24.2 Å². The number of hydrogen-bond donors (Lipinski definition) is 2. The second kappa shape index (κ2) is 8.20. The molecule has 1 aromatic rings. The fourth-order valence-corrected chi connectivity index (χ4v) is 3.13. The van der Waals surface area contributed by atoms with Gasteiger partial charge in [-0.3, -0.25) is 14.5 Å². The van der Waals surface area contributed by atoms with Crippen molar-refractivity contribution in [1.29, 1.82) is 0 Å². The summed E-state index contributed by atoms with van der Waals surface area (Å²) in [6.45, 7) is 5.86. The Kier molecular flexibility index (Phi) is 5.75. The van der Waals surface area contributed by atoms with Crippen LogP contribution in [0.15, 0.2) is 18.2 Å². The van der Waals surface area contributed by atoms with Crippen LogP contribution < -0.4 is 20.1 Å². The second-order valence-corrected chi connectivity index (χ2v) is 6.25. The predicted molar refractivity (Wildman–Crippen MR) is 92.6 cm³/mol. The van der Waals surface area contributed by atoms with E-state index in [1.54, 1.807) is 0 Å². The standard InChI is InChI=1S/C18H25N3O4/c1-2-21-7-6-19-18(23)14(21)11-17(22)20-12-13-4-5-15-16(10-13)25-9-3-8-24-15/h4-5,10,14H,2-3,6-9,11-12H2,1H3,(H,19,23)(H,20,22). The number of carbonyl (C=O) groups excluding carboxylic acids is 2. The molecule has 0 aliphatic carbocycles. The van der Waals surface area contributed by atoms with Crippen molar-refractivity contribution < 1.29 is 19.1 Å². The number of fused-ring (bicyclic) bond motifs is 1. The molecule has 0 saturated carbocycles. The first-order valence-corrected chi connectivity index (χ1v) is 8.84. The van der Waals surface area contributed by atoms with Gasteiger partial charge in [-0.15, -0.1) is 0 Å². The van der Waals surface area contributed by atoms with Crippen LogP contribution in [0.25, 0.3) is 0 Å². The number of nitrogens with zero attached hydrogens (tertiary/aromatic N) is 1. The summed E-state index contributed by atoms with van der Waals surface area (Å²) < 4.78 is 11.3. The fraction of sp³-hybridized carbons (Fsp3) is 0.556. The summed E-state index contributed by atoms with van der Waals surface area (Å²) in [7, 11) is 0. The molecule has 2 N–H and O–H groups in total. The molecule has 7 heteroatoms. The molecule has 0 aromatic heterocycles. The minimum absolute atomic E-state index is 0.0705. The predicted octanol–water partition coefficient (Wildman–Crippen LogP) is 0.675. The first kappa shape index (κ1) is 17.5. The smallest absolute Gasteiger partial charge is 0.237 e. The van der Waals surface area contributed by atoms with Crippen molar-refractivity contribution in [3.63, 3.8) is 0 Å². The van der Waals surface area contributed by atoms with Crippen molar-refractivity contribution in [2.24, 2.45) is 0 Å². The highest BCUT2D eigenvalue weighted by atomic mass is 16.5. The van der Waals surface area contributed by atoms with Crippen LogP contribution in [0.1, 0.15) is 25.3 Å². The van der Waals surface area contributed by atoms with Gasteiger partial charge in [-0.2, -0.15) is 0 Å². The van der Waals surface area contributed by atoms with Gasteiger partial charge in [0.1, 0.15) is 0 Å². The molecule has 1 fully saturated rings. The molecule has 2 amide bonds. The molecule has 7 nitrogen and oxygen atoms in total. The molecular weight excluding hydrogens is 322 g/mol. The summed E-state index contributed by atoms with van der Waals surface area (Å²) in [5, 5.41) is 5.72. The fourth-order valence-electron chi connectivity index (χ4n) is 3.13. The van der Waals surface area contributed by atoms with Crippen molar-refractivity contribution in [1.82, 2.24) is 15.5 Å². The largest absolute Gasteiger partial charge is 0.490 e. The summed E-state index contributed by atoms with van der Waals surface area (Å²) in [5.41, 5.74) is 0.943. The number of piperazine rings is 1. The molecule has 2 aliphatic rings. The van der Waals surface area contributed by atoms with E-state index in [9.17, 15) is 9.59 Å². The zero-order valence-electron chi connectivity index (χ0n) is 14.5. The Hall–Kier alpha value is -2.28. The van der Waals surface area contributed by atoms with Crippen LogP contribution in [0.4, 0.5) is 0 Å². The summed E-state index contributed by atoms with van der Waals surface area (Å²) in [4.78, 5) is 26.3. The minimum atomic E-state index is -0.387. The lowest BCUT2D eigenvalue weighted by atomic mass is 10.1. The molecule has 1 aromatic carbocycles. The first-order valence-electron chi connectivity index (χ1n) is 8.84. The topological polar surface area (TPSA) is 79.9 Å². The number of rotatable bonds is 5. The third-order valence-corrected chi connectivity index (χ3v) is 4.53. The van der Waals surface area contributed by atoms with Gasteiger partial charge in [-0.1, -0.05) is 13.0 Å². The van der Waals surface area contributed by atoms with Crippen molar-refractivity contribution in [3.05, 3.63) is 23.8 Å². The van der Waals surface area contributed by atoms with E-state index in [0.29, 0.717) is 32.1 Å². The maximum absolute atomic E-state index is 12.3. The zero-order valence-corrected chi connectivity index (χ0v) is 14.5. The third kappa shape index (κ3) is 4.42. The highest BCUT2D eigenvalue weighted by Crippen LogP contribution is 2.30. The molecule has 0 radical (unpaired) electrons. The van der Waals surface area contributed by atoms with Crippen LogP contribution in [0, 0.1) is 0 Å². The Morgan fingerprint density at radius 3 is 2.92 bits per heavy atom. The van der Waals surface area contributed by atoms with E-state index in [1.807, 2.05) is 30.0 Å². The lowest BCUT2D eigenvalue weighted by Gasteiger charge is -2.33. The molecule has 1 atom stereocenters. The number of nitrogens with one attached hydrogen (secondary N) is 2. The quantitative estimate of drug-likeness (QED) is 0.819. The molecular formula is C18H25N3O4. The molecule has 1 saturated heterocycles. The second-order valence-electron chi connectivity index (χ2n) is 6.25. The zero-order chi connectivity index (χ0) is 17.6. The van der Waals surface area contributed by atoms with E-state index in [1.165, 1.54) is 0 Å². The molecule has 3 rings (SSSR count). The molecule has 136 valence electrons. The highest BCUT2D eigenvalue weighted by Gasteiger charge is 2.30. The van der Waals surface area contributed by atoms with Crippen LogP contribution in [0.5, 0.6) is 11.5 Å². The van der Waals surface area contributed by atoms with E-state index in [0.717, 1.165) is 30.8 Å². The van der Waals surface area contributed by atoms with Gasteiger partial charge >= 0.3 is 0 Å². The maximum Gasteiger partial charge on any atom is 0.237 e. The maximum atomic E-state index is 12.3. The Morgan fingerprint density at radius 2 is 2.12 bits per heavy atom. The number of ether oxygens (including phenoxy) is 2. The van der Waals surface area contributed by atoms with Gasteiger partial charge in [0, 0.05) is 26.1 Å². The Bertz CT molecular complexity index is 635. The molecule has 2 heterocycles. The summed E-state index contributed by atoms with van der Waals surface area (Å²) in [6, 6.07) is 5.30. The molecule has 25 heavy (non-hydrogen) atoms. The lowest BCUT2D eigenvalue weighted by molar-refractivity contribution is -0.133. The summed E-state index contributed by atoms with van der Waals surface area (Å²) >= 11 is 0. The number of carbonyl (C=O) groups is 2. The monoisotopic (exact) mass is 347 g/mol. The van der Waals surface area contributed by atoms with Crippen LogP contribution in [0.3, 0.4) is 0 Å². The van der Waals surface area contributed by atoms with Gasteiger partial charge in [0.05, 0.1) is 25.7 Å². The van der Waals surface area contributed by atoms with Crippen LogP contribution >= 0.6 is 0 Å². The Balaban J connectivity index is 1.55. The highest BCUT2D eigenvalue weighted by molar-refractivity contribution is 5.88. The van der Waals surface area contributed by atoms with Crippen LogP contribution in [-0.2, 0) is 16.1 Å². The molecule has 1 unspecified atom stereocenters.